The molecule has 1 amide bonds. The van der Waals surface area contributed by atoms with Gasteiger partial charge in [-0.2, -0.15) is 11.3 Å². The lowest BCUT2D eigenvalue weighted by atomic mass is 10.1. The van der Waals surface area contributed by atoms with E-state index in [2.05, 4.69) is 34.4 Å². The average molecular weight is 282 g/mol. The topological polar surface area (TPSA) is 50.4 Å². The molecule has 19 heavy (non-hydrogen) atoms. The van der Waals surface area contributed by atoms with Gasteiger partial charge < -0.3 is 15.4 Å². The van der Waals surface area contributed by atoms with E-state index in [-0.39, 0.29) is 11.9 Å². The number of rotatable bonds is 6. The molecule has 5 heteroatoms. The Hall–Kier alpha value is -0.910. The van der Waals surface area contributed by atoms with Gasteiger partial charge in [0.2, 0.25) is 5.91 Å². The molecule has 1 aliphatic rings. The zero-order chi connectivity index (χ0) is 13.5. The molecule has 0 radical (unpaired) electrons. The van der Waals surface area contributed by atoms with Gasteiger partial charge in [0.25, 0.3) is 0 Å². The largest absolute Gasteiger partial charge is 0.381 e. The Kier molecular flexibility index (Phi) is 5.82. The Labute approximate surface area is 118 Å². The van der Waals surface area contributed by atoms with Crippen LogP contribution in [0.2, 0.25) is 0 Å². The minimum Gasteiger partial charge on any atom is -0.381 e. The monoisotopic (exact) mass is 282 g/mol. The normalized spacial score (nSPS) is 18.2. The molecular formula is C14H22N2O2S. The minimum atomic E-state index is 0.0871. The Morgan fingerprint density at radius 1 is 1.53 bits per heavy atom. The summed E-state index contributed by atoms with van der Waals surface area (Å²) in [5, 5.41) is 10.6. The van der Waals surface area contributed by atoms with Crippen LogP contribution in [-0.2, 0) is 16.0 Å². The van der Waals surface area contributed by atoms with Crippen LogP contribution in [0.25, 0.3) is 0 Å². The average Bonchev–Trinajstić information content (AvgIpc) is 2.90. The minimum absolute atomic E-state index is 0.0871. The van der Waals surface area contributed by atoms with Crippen molar-refractivity contribution in [3.05, 3.63) is 22.4 Å². The van der Waals surface area contributed by atoms with Gasteiger partial charge in [-0.15, -0.1) is 0 Å². The molecule has 1 saturated heterocycles. The summed E-state index contributed by atoms with van der Waals surface area (Å²) in [5.74, 6) is 0.0871. The first-order valence-electron chi connectivity index (χ1n) is 6.85. The molecule has 0 bridgehead atoms. The summed E-state index contributed by atoms with van der Waals surface area (Å²) in [4.78, 5) is 11.8. The van der Waals surface area contributed by atoms with Crippen LogP contribution in [0.5, 0.6) is 0 Å². The van der Waals surface area contributed by atoms with Crippen molar-refractivity contribution in [3.63, 3.8) is 0 Å². The van der Waals surface area contributed by atoms with Crippen LogP contribution in [0, 0.1) is 0 Å². The predicted octanol–water partition coefficient (Wildman–Crippen LogP) is 1.56. The van der Waals surface area contributed by atoms with Crippen molar-refractivity contribution < 1.29 is 9.53 Å². The second-order valence-electron chi connectivity index (χ2n) is 5.07. The molecule has 0 aromatic carbocycles. The summed E-state index contributed by atoms with van der Waals surface area (Å²) in [7, 11) is 0. The lowest BCUT2D eigenvalue weighted by Crippen LogP contribution is -2.44. The van der Waals surface area contributed by atoms with Crippen LogP contribution in [0.3, 0.4) is 0 Å². The number of ether oxygens (including phenoxy) is 1. The molecule has 1 fully saturated rings. The summed E-state index contributed by atoms with van der Waals surface area (Å²) in [6.07, 6.45) is 2.82. The van der Waals surface area contributed by atoms with E-state index < -0.39 is 0 Å². The van der Waals surface area contributed by atoms with Crippen LogP contribution in [-0.4, -0.2) is 37.7 Å². The molecular weight excluding hydrogens is 260 g/mol. The first kappa shape index (κ1) is 14.5. The highest BCUT2D eigenvalue weighted by Gasteiger charge is 2.16. The zero-order valence-electron chi connectivity index (χ0n) is 11.4. The van der Waals surface area contributed by atoms with E-state index in [1.807, 2.05) is 0 Å². The molecule has 1 aromatic rings. The number of thiophene rings is 1. The number of nitrogens with one attached hydrogen (secondary N) is 2. The molecule has 2 rings (SSSR count). The fourth-order valence-electron chi connectivity index (χ4n) is 2.22. The molecule has 0 saturated carbocycles. The molecule has 2 N–H and O–H groups in total. The second kappa shape index (κ2) is 7.62. The fourth-order valence-corrected chi connectivity index (χ4v) is 2.90. The van der Waals surface area contributed by atoms with Gasteiger partial charge in [-0.3, -0.25) is 4.79 Å². The molecule has 1 atom stereocenters. The Balaban J connectivity index is 1.62. The van der Waals surface area contributed by atoms with Crippen molar-refractivity contribution in [3.8, 4) is 0 Å². The summed E-state index contributed by atoms with van der Waals surface area (Å²) < 4.78 is 5.27. The SMILES string of the molecule is CC(Cc1ccsc1)NCC(=O)NC1CCOCC1. The van der Waals surface area contributed by atoms with Crippen molar-refractivity contribution in [1.29, 1.82) is 0 Å². The molecule has 0 aliphatic carbocycles. The van der Waals surface area contributed by atoms with Crippen molar-refractivity contribution in [2.75, 3.05) is 19.8 Å². The quantitative estimate of drug-likeness (QED) is 0.832. The van der Waals surface area contributed by atoms with Gasteiger partial charge in [-0.25, -0.2) is 0 Å². The Morgan fingerprint density at radius 3 is 3.00 bits per heavy atom. The van der Waals surface area contributed by atoms with Crippen molar-refractivity contribution >= 4 is 17.2 Å². The van der Waals surface area contributed by atoms with E-state index in [4.69, 9.17) is 4.74 Å². The lowest BCUT2D eigenvalue weighted by molar-refractivity contribution is -0.121. The predicted molar refractivity (Wildman–Crippen MR) is 77.5 cm³/mol. The number of hydrogen-bond donors (Lipinski definition) is 2. The van der Waals surface area contributed by atoms with Crippen LogP contribution in [0.1, 0.15) is 25.3 Å². The van der Waals surface area contributed by atoms with Crippen molar-refractivity contribution in [2.24, 2.45) is 0 Å². The maximum atomic E-state index is 11.8. The number of carbonyl (C=O) groups is 1. The Bertz CT molecular complexity index is 375. The molecule has 1 aromatic heterocycles. The lowest BCUT2D eigenvalue weighted by Gasteiger charge is -2.23. The maximum absolute atomic E-state index is 11.8. The highest BCUT2D eigenvalue weighted by atomic mass is 32.1. The van der Waals surface area contributed by atoms with Gasteiger partial charge in [0.05, 0.1) is 6.54 Å². The summed E-state index contributed by atoms with van der Waals surface area (Å²) in [5.41, 5.74) is 1.33. The van der Waals surface area contributed by atoms with Gasteiger partial charge in [-0.1, -0.05) is 0 Å². The van der Waals surface area contributed by atoms with Crippen molar-refractivity contribution in [2.45, 2.75) is 38.3 Å². The van der Waals surface area contributed by atoms with E-state index >= 15 is 0 Å². The molecule has 106 valence electrons. The van der Waals surface area contributed by atoms with Crippen LogP contribution in [0.15, 0.2) is 16.8 Å². The summed E-state index contributed by atoms with van der Waals surface area (Å²) in [6.45, 7) is 4.02. The van der Waals surface area contributed by atoms with E-state index in [9.17, 15) is 4.79 Å². The number of amides is 1. The highest BCUT2D eigenvalue weighted by Crippen LogP contribution is 2.08. The third-order valence-corrected chi connectivity index (χ3v) is 4.05. The van der Waals surface area contributed by atoms with Gasteiger partial charge in [0.15, 0.2) is 0 Å². The maximum Gasteiger partial charge on any atom is 0.234 e. The highest BCUT2D eigenvalue weighted by molar-refractivity contribution is 7.07. The molecule has 2 heterocycles. The van der Waals surface area contributed by atoms with Crippen molar-refractivity contribution in [1.82, 2.24) is 10.6 Å². The first-order chi connectivity index (χ1) is 9.24. The summed E-state index contributed by atoms with van der Waals surface area (Å²) in [6, 6.07) is 2.73. The standard InChI is InChI=1S/C14H22N2O2S/c1-11(8-12-4-7-19-10-12)15-9-14(17)16-13-2-5-18-6-3-13/h4,7,10-11,13,15H,2-3,5-6,8-9H2,1H3,(H,16,17). The summed E-state index contributed by atoms with van der Waals surface area (Å²) >= 11 is 1.71. The number of hydrogen-bond acceptors (Lipinski definition) is 4. The first-order valence-corrected chi connectivity index (χ1v) is 7.80. The second-order valence-corrected chi connectivity index (χ2v) is 5.85. The molecule has 1 unspecified atom stereocenters. The Morgan fingerprint density at radius 2 is 2.32 bits per heavy atom. The van der Waals surface area contributed by atoms with Gasteiger partial charge in [-0.05, 0) is 48.6 Å². The number of carbonyl (C=O) groups excluding carboxylic acids is 1. The van der Waals surface area contributed by atoms with E-state index in [0.717, 1.165) is 32.5 Å². The third kappa shape index (κ3) is 5.30. The van der Waals surface area contributed by atoms with Crippen LogP contribution < -0.4 is 10.6 Å². The van der Waals surface area contributed by atoms with E-state index in [1.165, 1.54) is 5.56 Å². The van der Waals surface area contributed by atoms with Crippen LogP contribution in [0.4, 0.5) is 0 Å². The van der Waals surface area contributed by atoms with Gasteiger partial charge in [0, 0.05) is 25.3 Å². The van der Waals surface area contributed by atoms with Gasteiger partial charge in [0.1, 0.15) is 0 Å². The van der Waals surface area contributed by atoms with E-state index in [1.54, 1.807) is 11.3 Å². The molecule has 4 nitrogen and oxygen atoms in total. The smallest absolute Gasteiger partial charge is 0.234 e. The zero-order valence-corrected chi connectivity index (χ0v) is 12.2. The third-order valence-electron chi connectivity index (χ3n) is 3.32. The van der Waals surface area contributed by atoms with E-state index in [0.29, 0.717) is 12.6 Å². The fraction of sp³-hybridized carbons (Fsp3) is 0.643. The molecule has 0 spiro atoms. The molecule has 1 aliphatic heterocycles. The van der Waals surface area contributed by atoms with Crippen LogP contribution >= 0.6 is 11.3 Å². The van der Waals surface area contributed by atoms with Gasteiger partial charge >= 0.3 is 0 Å².